The average molecular weight is 492 g/mol. The molecule has 10 heteroatoms. The molecule has 1 aliphatic heterocycles. The number of rotatable bonds is 5. The first-order chi connectivity index (χ1) is 16.5. The van der Waals surface area contributed by atoms with Gasteiger partial charge < -0.3 is 14.1 Å². The fourth-order valence-electron chi connectivity index (χ4n) is 4.29. The number of amides is 1. The Morgan fingerprint density at radius 2 is 1.77 bits per heavy atom. The zero-order chi connectivity index (χ0) is 25.3. The summed E-state index contributed by atoms with van der Waals surface area (Å²) in [5.41, 5.74) is -1.51. The number of alkyl halides is 3. The summed E-state index contributed by atoms with van der Waals surface area (Å²) >= 11 is 0. The predicted octanol–water partition coefficient (Wildman–Crippen LogP) is 4.45. The third-order valence-electron chi connectivity index (χ3n) is 6.12. The normalized spacial score (nSPS) is 19.2. The van der Waals surface area contributed by atoms with Gasteiger partial charge in [0.1, 0.15) is 17.1 Å². The van der Waals surface area contributed by atoms with E-state index in [0.29, 0.717) is 25.7 Å². The molecule has 186 valence electrons. The van der Waals surface area contributed by atoms with Gasteiger partial charge in [-0.1, -0.05) is 12.1 Å². The van der Waals surface area contributed by atoms with Crippen LogP contribution < -0.4 is 10.4 Å². The number of halogens is 4. The van der Waals surface area contributed by atoms with Crippen molar-refractivity contribution >= 4 is 16.9 Å². The Bertz CT molecular complexity index is 1270. The largest absolute Gasteiger partial charge is 0.484 e. The van der Waals surface area contributed by atoms with Gasteiger partial charge in [-0.05, 0) is 43.7 Å². The monoisotopic (exact) mass is 492 g/mol. The van der Waals surface area contributed by atoms with Crippen molar-refractivity contribution in [2.24, 2.45) is 0 Å². The van der Waals surface area contributed by atoms with E-state index >= 15 is 0 Å². The van der Waals surface area contributed by atoms with Crippen molar-refractivity contribution in [1.29, 1.82) is 0 Å². The van der Waals surface area contributed by atoms with Crippen LogP contribution in [0, 0.1) is 5.82 Å². The van der Waals surface area contributed by atoms with Crippen LogP contribution >= 0.6 is 0 Å². The van der Waals surface area contributed by atoms with Crippen LogP contribution in [0.15, 0.2) is 57.7 Å². The summed E-state index contributed by atoms with van der Waals surface area (Å²) in [6, 6.07) is 10.3. The van der Waals surface area contributed by atoms with E-state index in [2.05, 4.69) is 4.90 Å². The Labute approximate surface area is 198 Å². The summed E-state index contributed by atoms with van der Waals surface area (Å²) in [6.07, 6.45) is -4.71. The van der Waals surface area contributed by atoms with Crippen LogP contribution in [-0.4, -0.2) is 47.5 Å². The minimum absolute atomic E-state index is 0.0518. The van der Waals surface area contributed by atoms with E-state index in [1.165, 1.54) is 24.3 Å². The fraction of sp³-hybridized carbons (Fsp3) is 0.360. The maximum absolute atomic E-state index is 13.2. The van der Waals surface area contributed by atoms with Gasteiger partial charge in [-0.15, -0.1) is 0 Å². The second-order valence-electron chi connectivity index (χ2n) is 8.72. The smallest absolute Gasteiger partial charge is 0.417 e. The molecule has 3 aromatic rings. The maximum Gasteiger partial charge on any atom is 0.417 e. The van der Waals surface area contributed by atoms with Crippen LogP contribution in [0.25, 0.3) is 11.0 Å². The van der Waals surface area contributed by atoms with Crippen molar-refractivity contribution in [2.75, 3.05) is 19.7 Å². The first-order valence-corrected chi connectivity index (χ1v) is 11.1. The maximum atomic E-state index is 13.2. The standard InChI is InChI=1S/C25H24F4N2O4/c1-15-12-31(16(2)11-30(15)13-17-3-5-18(26)6-4-17)23(32)14-34-19-7-8-20-21(25(27,28)29)10-24(33)35-22(20)9-19/h3-10,15-16H,11-14H2,1-2H3/t15-,16+/m0/s1. The van der Waals surface area contributed by atoms with Crippen LogP contribution in [0.5, 0.6) is 5.75 Å². The molecule has 1 aromatic heterocycles. The van der Waals surface area contributed by atoms with Gasteiger partial charge in [0.25, 0.3) is 5.91 Å². The van der Waals surface area contributed by atoms with E-state index in [9.17, 15) is 27.2 Å². The number of hydrogen-bond donors (Lipinski definition) is 0. The molecule has 0 spiro atoms. The predicted molar refractivity (Wildman–Crippen MR) is 120 cm³/mol. The highest BCUT2D eigenvalue weighted by Gasteiger charge is 2.34. The summed E-state index contributed by atoms with van der Waals surface area (Å²) in [7, 11) is 0. The molecule has 1 amide bonds. The van der Waals surface area contributed by atoms with Crippen LogP contribution in [0.2, 0.25) is 0 Å². The van der Waals surface area contributed by atoms with Crippen molar-refractivity contribution < 1.29 is 31.5 Å². The number of nitrogens with zero attached hydrogens (tertiary/aromatic N) is 2. The quantitative estimate of drug-likeness (QED) is 0.389. The molecule has 0 N–H and O–H groups in total. The molecule has 2 heterocycles. The molecule has 1 saturated heterocycles. The van der Waals surface area contributed by atoms with Gasteiger partial charge in [0, 0.05) is 49.2 Å². The first-order valence-electron chi connectivity index (χ1n) is 11.1. The molecule has 6 nitrogen and oxygen atoms in total. The van der Waals surface area contributed by atoms with Crippen LogP contribution in [0.1, 0.15) is 25.0 Å². The topological polar surface area (TPSA) is 63.0 Å². The Kier molecular flexibility index (Phi) is 6.84. The summed E-state index contributed by atoms with van der Waals surface area (Å²) in [6.45, 7) is 5.32. The molecule has 35 heavy (non-hydrogen) atoms. The van der Waals surface area contributed by atoms with Gasteiger partial charge in [0.2, 0.25) is 0 Å². The molecule has 0 aliphatic carbocycles. The van der Waals surface area contributed by atoms with Gasteiger partial charge in [-0.3, -0.25) is 9.69 Å². The Morgan fingerprint density at radius 3 is 2.46 bits per heavy atom. The number of fused-ring (bicyclic) bond motifs is 1. The van der Waals surface area contributed by atoms with E-state index in [1.54, 1.807) is 17.0 Å². The Balaban J connectivity index is 1.40. The molecular formula is C25H24F4N2O4. The lowest BCUT2D eigenvalue weighted by Gasteiger charge is -2.44. The SMILES string of the molecule is C[C@@H]1CN(Cc2ccc(F)cc2)[C@@H](C)CN1C(=O)COc1ccc2c(C(F)(F)F)cc(=O)oc2c1. The first kappa shape index (κ1) is 24.7. The molecule has 2 aromatic carbocycles. The highest BCUT2D eigenvalue weighted by Crippen LogP contribution is 2.34. The highest BCUT2D eigenvalue weighted by atomic mass is 19.4. The van der Waals surface area contributed by atoms with E-state index < -0.39 is 17.4 Å². The van der Waals surface area contributed by atoms with Crippen LogP contribution in [-0.2, 0) is 17.5 Å². The Morgan fingerprint density at radius 1 is 1.06 bits per heavy atom. The van der Waals surface area contributed by atoms with Gasteiger partial charge in [0.15, 0.2) is 6.61 Å². The van der Waals surface area contributed by atoms with E-state index in [1.807, 2.05) is 13.8 Å². The average Bonchev–Trinajstić information content (AvgIpc) is 2.79. The number of carbonyl (C=O) groups is 1. The molecule has 0 saturated carbocycles. The van der Waals surface area contributed by atoms with Gasteiger partial charge in [0.05, 0.1) is 5.56 Å². The highest BCUT2D eigenvalue weighted by molar-refractivity contribution is 5.82. The number of hydrogen-bond acceptors (Lipinski definition) is 5. The second-order valence-corrected chi connectivity index (χ2v) is 8.72. The summed E-state index contributed by atoms with van der Waals surface area (Å²) in [4.78, 5) is 28.3. The molecule has 1 aliphatic rings. The molecule has 1 fully saturated rings. The van der Waals surface area contributed by atoms with Crippen molar-refractivity contribution in [3.8, 4) is 5.75 Å². The van der Waals surface area contributed by atoms with Crippen molar-refractivity contribution in [2.45, 2.75) is 38.7 Å². The molecule has 4 rings (SSSR count). The third-order valence-corrected chi connectivity index (χ3v) is 6.12. The van der Waals surface area contributed by atoms with Gasteiger partial charge in [-0.25, -0.2) is 9.18 Å². The lowest BCUT2D eigenvalue weighted by Crippen LogP contribution is -2.58. The minimum atomic E-state index is -4.71. The molecule has 0 radical (unpaired) electrons. The van der Waals surface area contributed by atoms with Crippen molar-refractivity contribution in [3.63, 3.8) is 0 Å². The third kappa shape index (κ3) is 5.64. The molecule has 0 bridgehead atoms. The Hall–Kier alpha value is -3.40. The van der Waals surface area contributed by atoms with Crippen molar-refractivity contribution in [1.82, 2.24) is 9.80 Å². The summed E-state index contributed by atoms with van der Waals surface area (Å²) < 4.78 is 63.2. The van der Waals surface area contributed by atoms with Gasteiger partial charge >= 0.3 is 11.8 Å². The molecule has 0 unspecified atom stereocenters. The summed E-state index contributed by atoms with van der Waals surface area (Å²) in [5, 5.41) is -0.268. The lowest BCUT2D eigenvalue weighted by molar-refractivity contribution is -0.139. The summed E-state index contributed by atoms with van der Waals surface area (Å²) in [5.74, 6) is -0.444. The molecular weight excluding hydrogens is 468 g/mol. The van der Waals surface area contributed by atoms with Crippen LogP contribution in [0.3, 0.4) is 0 Å². The minimum Gasteiger partial charge on any atom is -0.484 e. The zero-order valence-electron chi connectivity index (χ0n) is 19.1. The van der Waals surface area contributed by atoms with Crippen molar-refractivity contribution in [3.05, 3.63) is 75.9 Å². The zero-order valence-corrected chi connectivity index (χ0v) is 19.1. The van der Waals surface area contributed by atoms with E-state index in [4.69, 9.17) is 9.15 Å². The van der Waals surface area contributed by atoms with E-state index in [0.717, 1.165) is 11.6 Å². The lowest BCUT2D eigenvalue weighted by atomic mass is 10.1. The second kappa shape index (κ2) is 9.69. The number of carbonyl (C=O) groups excluding carboxylic acids is 1. The molecule has 2 atom stereocenters. The van der Waals surface area contributed by atoms with E-state index in [-0.39, 0.29) is 47.1 Å². The number of piperazine rings is 1. The fourth-order valence-corrected chi connectivity index (χ4v) is 4.29. The number of benzene rings is 2. The van der Waals surface area contributed by atoms with Crippen LogP contribution in [0.4, 0.5) is 17.6 Å². The van der Waals surface area contributed by atoms with Gasteiger partial charge in [-0.2, -0.15) is 13.2 Å². The number of ether oxygens (including phenoxy) is 1.